The van der Waals surface area contributed by atoms with Gasteiger partial charge in [0.1, 0.15) is 21.9 Å². The molecular weight excluding hydrogens is 419 g/mol. The van der Waals surface area contributed by atoms with Crippen LogP contribution in [0.15, 0.2) is 30.3 Å². The van der Waals surface area contributed by atoms with Gasteiger partial charge >= 0.3 is 6.18 Å². The summed E-state index contributed by atoms with van der Waals surface area (Å²) in [6.07, 6.45) is -5.49. The lowest BCUT2D eigenvalue weighted by Gasteiger charge is -2.34. The molecule has 0 bridgehead atoms. The van der Waals surface area contributed by atoms with Crippen molar-refractivity contribution in [3.05, 3.63) is 57.6 Å². The molecule has 0 saturated carbocycles. The zero-order valence-corrected chi connectivity index (χ0v) is 16.8. The Morgan fingerprint density at radius 2 is 1.75 bits per heavy atom. The van der Waals surface area contributed by atoms with Gasteiger partial charge in [-0.15, -0.1) is 0 Å². The topological polar surface area (TPSA) is 48.1 Å². The summed E-state index contributed by atoms with van der Waals surface area (Å²) in [5, 5.41) is 0.333. The van der Waals surface area contributed by atoms with Crippen LogP contribution in [0.3, 0.4) is 0 Å². The van der Waals surface area contributed by atoms with E-state index in [1.54, 1.807) is 12.1 Å². The van der Waals surface area contributed by atoms with Crippen molar-refractivity contribution in [1.82, 2.24) is 4.98 Å². The van der Waals surface area contributed by atoms with E-state index in [4.69, 9.17) is 33.7 Å². The SMILES string of the molecule is COc1ccc(F)cc1C(C)(CC(N)Cc1cc(Cl)nc(Cl)c1)CC(F)(F)F. The van der Waals surface area contributed by atoms with Crippen molar-refractivity contribution in [3.63, 3.8) is 0 Å². The van der Waals surface area contributed by atoms with Crippen LogP contribution in [0.25, 0.3) is 0 Å². The Morgan fingerprint density at radius 1 is 1.14 bits per heavy atom. The standard InChI is InChI=1S/C19H20Cl2F4N2O/c1-18(10-19(23,24)25,14-8-12(22)3-4-15(14)28-2)9-13(26)5-11-6-16(20)27-17(21)7-11/h3-4,6-8,13H,5,9-10,26H2,1-2H3. The van der Waals surface area contributed by atoms with Crippen LogP contribution >= 0.6 is 23.2 Å². The summed E-state index contributed by atoms with van der Waals surface area (Å²) in [5.41, 5.74) is 5.44. The summed E-state index contributed by atoms with van der Waals surface area (Å²) in [4.78, 5) is 3.83. The van der Waals surface area contributed by atoms with Gasteiger partial charge in [-0.1, -0.05) is 30.1 Å². The molecule has 2 rings (SSSR count). The van der Waals surface area contributed by atoms with Gasteiger partial charge in [-0.05, 0) is 48.7 Å². The molecule has 9 heteroatoms. The Hall–Kier alpha value is -1.57. The lowest BCUT2D eigenvalue weighted by molar-refractivity contribution is -0.148. The molecule has 0 fully saturated rings. The van der Waals surface area contributed by atoms with E-state index in [0.29, 0.717) is 5.56 Å². The van der Waals surface area contributed by atoms with Crippen LogP contribution < -0.4 is 10.5 Å². The number of rotatable bonds is 7. The number of aromatic nitrogens is 1. The predicted octanol–water partition coefficient (Wildman–Crippen LogP) is 5.71. The van der Waals surface area contributed by atoms with Gasteiger partial charge in [0, 0.05) is 17.0 Å². The number of nitrogens with zero attached hydrogens (tertiary/aromatic N) is 1. The van der Waals surface area contributed by atoms with Crippen LogP contribution in [0.5, 0.6) is 5.75 Å². The lowest BCUT2D eigenvalue weighted by atomic mass is 9.73. The van der Waals surface area contributed by atoms with Crippen molar-refractivity contribution >= 4 is 23.2 Å². The first kappa shape index (κ1) is 22.7. The van der Waals surface area contributed by atoms with Gasteiger partial charge < -0.3 is 10.5 Å². The minimum absolute atomic E-state index is 0.0656. The maximum atomic E-state index is 13.8. The highest BCUT2D eigenvalue weighted by Gasteiger charge is 2.43. The largest absolute Gasteiger partial charge is 0.496 e. The Morgan fingerprint density at radius 3 is 2.29 bits per heavy atom. The fourth-order valence-corrected chi connectivity index (χ4v) is 3.96. The molecule has 3 nitrogen and oxygen atoms in total. The summed E-state index contributed by atoms with van der Waals surface area (Å²) in [6, 6.07) is 5.95. The van der Waals surface area contributed by atoms with E-state index >= 15 is 0 Å². The molecule has 28 heavy (non-hydrogen) atoms. The number of methoxy groups -OCH3 is 1. The summed E-state index contributed by atoms with van der Waals surface area (Å²) in [5.74, 6) is -0.471. The molecule has 0 spiro atoms. The highest BCUT2D eigenvalue weighted by Crippen LogP contribution is 2.43. The fourth-order valence-electron chi connectivity index (χ4n) is 3.46. The van der Waals surface area contributed by atoms with Gasteiger partial charge in [-0.25, -0.2) is 9.37 Å². The van der Waals surface area contributed by atoms with E-state index in [0.717, 1.165) is 12.1 Å². The number of nitrogens with two attached hydrogens (primary N) is 1. The van der Waals surface area contributed by atoms with Crippen molar-refractivity contribution in [2.24, 2.45) is 5.73 Å². The van der Waals surface area contributed by atoms with Gasteiger partial charge in [0.25, 0.3) is 0 Å². The summed E-state index contributed by atoms with van der Waals surface area (Å²) < 4.78 is 59.0. The molecule has 0 aliphatic heterocycles. The van der Waals surface area contributed by atoms with Crippen molar-refractivity contribution in [3.8, 4) is 5.75 Å². The molecule has 154 valence electrons. The third kappa shape index (κ3) is 6.22. The molecule has 0 aliphatic rings. The highest BCUT2D eigenvalue weighted by molar-refractivity contribution is 6.32. The minimum Gasteiger partial charge on any atom is -0.496 e. The summed E-state index contributed by atoms with van der Waals surface area (Å²) in [6.45, 7) is 1.41. The molecule has 2 aromatic rings. The molecule has 0 aliphatic carbocycles. The molecule has 1 heterocycles. The Balaban J connectivity index is 2.36. The highest BCUT2D eigenvalue weighted by atomic mass is 35.5. The second-order valence-corrected chi connectivity index (χ2v) is 7.76. The van der Waals surface area contributed by atoms with E-state index in [9.17, 15) is 17.6 Å². The first-order chi connectivity index (χ1) is 12.9. The smallest absolute Gasteiger partial charge is 0.389 e. The van der Waals surface area contributed by atoms with E-state index in [1.165, 1.54) is 20.1 Å². The average Bonchev–Trinajstić information content (AvgIpc) is 2.51. The van der Waals surface area contributed by atoms with Gasteiger partial charge in [-0.3, -0.25) is 0 Å². The van der Waals surface area contributed by atoms with Gasteiger partial charge in [0.2, 0.25) is 0 Å². The van der Waals surface area contributed by atoms with Crippen molar-refractivity contribution in [1.29, 1.82) is 0 Å². The first-order valence-electron chi connectivity index (χ1n) is 8.40. The number of hydrogen-bond acceptors (Lipinski definition) is 3. The number of ether oxygens (including phenoxy) is 1. The van der Waals surface area contributed by atoms with Crippen molar-refractivity contribution in [2.75, 3.05) is 7.11 Å². The van der Waals surface area contributed by atoms with Crippen LogP contribution in [0.4, 0.5) is 17.6 Å². The Bertz CT molecular complexity index is 812. The molecule has 2 unspecified atom stereocenters. The van der Waals surface area contributed by atoms with Crippen LogP contribution in [0.1, 0.15) is 30.9 Å². The van der Waals surface area contributed by atoms with Crippen LogP contribution in [0.2, 0.25) is 10.3 Å². The fraction of sp³-hybridized carbons (Fsp3) is 0.421. The first-order valence-corrected chi connectivity index (χ1v) is 9.16. The van der Waals surface area contributed by atoms with Gasteiger partial charge in [0.15, 0.2) is 0 Å². The average molecular weight is 439 g/mol. The molecule has 2 N–H and O–H groups in total. The summed E-state index contributed by atoms with van der Waals surface area (Å²) in [7, 11) is 1.33. The second kappa shape index (κ2) is 8.84. The van der Waals surface area contributed by atoms with Crippen molar-refractivity contribution < 1.29 is 22.3 Å². The zero-order chi connectivity index (χ0) is 21.1. The number of alkyl halides is 3. The molecule has 1 aromatic heterocycles. The summed E-state index contributed by atoms with van der Waals surface area (Å²) >= 11 is 11.7. The Kier molecular flexibility index (Phi) is 7.17. The third-order valence-electron chi connectivity index (χ3n) is 4.44. The van der Waals surface area contributed by atoms with Gasteiger partial charge in [-0.2, -0.15) is 13.2 Å². The van der Waals surface area contributed by atoms with E-state index < -0.39 is 29.9 Å². The number of halogens is 6. The molecule has 0 radical (unpaired) electrons. The maximum Gasteiger partial charge on any atom is 0.389 e. The lowest BCUT2D eigenvalue weighted by Crippen LogP contribution is -2.38. The number of pyridine rings is 1. The molecule has 0 amide bonds. The van der Waals surface area contributed by atoms with E-state index in [1.807, 2.05) is 0 Å². The predicted molar refractivity (Wildman–Crippen MR) is 102 cm³/mol. The maximum absolute atomic E-state index is 13.8. The molecule has 0 saturated heterocycles. The monoisotopic (exact) mass is 438 g/mol. The molecule has 1 aromatic carbocycles. The van der Waals surface area contributed by atoms with E-state index in [2.05, 4.69) is 4.98 Å². The quantitative estimate of drug-likeness (QED) is 0.445. The zero-order valence-electron chi connectivity index (χ0n) is 15.3. The van der Waals surface area contributed by atoms with Crippen molar-refractivity contribution in [2.45, 2.75) is 43.8 Å². The second-order valence-electron chi connectivity index (χ2n) is 6.99. The normalized spacial score (nSPS) is 15.2. The number of hydrogen-bond donors (Lipinski definition) is 1. The van der Waals surface area contributed by atoms with Gasteiger partial charge in [0.05, 0.1) is 13.5 Å². The third-order valence-corrected chi connectivity index (χ3v) is 4.82. The Labute approximate surface area is 170 Å². The number of benzene rings is 1. The van der Waals surface area contributed by atoms with E-state index in [-0.39, 0.29) is 34.5 Å². The van der Waals surface area contributed by atoms with Crippen LogP contribution in [-0.2, 0) is 11.8 Å². The molecular formula is C19H20Cl2F4N2O. The molecule has 2 atom stereocenters. The minimum atomic E-state index is -4.48. The van der Waals surface area contributed by atoms with Crippen LogP contribution in [0, 0.1) is 5.82 Å². The van der Waals surface area contributed by atoms with Crippen LogP contribution in [-0.4, -0.2) is 24.3 Å².